The van der Waals surface area contributed by atoms with Gasteiger partial charge in [-0.15, -0.1) is 0 Å². The molecule has 0 aliphatic carbocycles. The van der Waals surface area contributed by atoms with Crippen molar-refractivity contribution >= 4 is 33.4 Å². The van der Waals surface area contributed by atoms with Gasteiger partial charge >= 0.3 is 0 Å². The second kappa shape index (κ2) is 9.61. The number of sulfonamides is 1. The van der Waals surface area contributed by atoms with Crippen LogP contribution in [0, 0.1) is 0 Å². The van der Waals surface area contributed by atoms with Crippen LogP contribution in [-0.4, -0.2) is 32.4 Å². The van der Waals surface area contributed by atoms with Crippen LogP contribution in [0.3, 0.4) is 0 Å². The van der Waals surface area contributed by atoms with E-state index in [1.807, 2.05) is 6.26 Å². The Bertz CT molecular complexity index is 827. The van der Waals surface area contributed by atoms with Crippen LogP contribution in [0.25, 0.3) is 0 Å². The highest BCUT2D eigenvalue weighted by Crippen LogP contribution is 2.20. The summed E-state index contributed by atoms with van der Waals surface area (Å²) < 4.78 is 27.6. The number of hydrogen-bond acceptors (Lipinski definition) is 5. The molecule has 140 valence electrons. The average molecular weight is 394 g/mol. The molecule has 0 saturated carbocycles. The Kier molecular flexibility index (Phi) is 7.50. The van der Waals surface area contributed by atoms with E-state index in [0.717, 1.165) is 5.75 Å². The molecule has 0 bridgehead atoms. The van der Waals surface area contributed by atoms with E-state index in [1.165, 1.54) is 12.1 Å². The lowest BCUT2D eigenvalue weighted by molar-refractivity contribution is -0.122. The average Bonchev–Trinajstić information content (AvgIpc) is 2.65. The van der Waals surface area contributed by atoms with Crippen molar-refractivity contribution in [2.24, 2.45) is 5.73 Å². The fraction of sp³-hybridized carbons (Fsp3) is 0.278. The topological polar surface area (TPSA) is 101 Å². The number of para-hydroxylation sites is 1. The molecule has 0 saturated heterocycles. The summed E-state index contributed by atoms with van der Waals surface area (Å²) in [5, 5.41) is 2.77. The van der Waals surface area contributed by atoms with Gasteiger partial charge in [0.25, 0.3) is 10.0 Å². The predicted molar refractivity (Wildman–Crippen MR) is 107 cm³/mol. The first-order valence-corrected chi connectivity index (χ1v) is 11.0. The summed E-state index contributed by atoms with van der Waals surface area (Å²) in [6, 6.07) is 14.5. The van der Waals surface area contributed by atoms with Crippen LogP contribution in [-0.2, 0) is 21.4 Å². The van der Waals surface area contributed by atoms with E-state index >= 15 is 0 Å². The molecule has 0 aromatic heterocycles. The molecule has 2 rings (SSSR count). The first kappa shape index (κ1) is 20.3. The van der Waals surface area contributed by atoms with E-state index in [0.29, 0.717) is 17.7 Å². The minimum atomic E-state index is -3.69. The van der Waals surface area contributed by atoms with Gasteiger partial charge in [0, 0.05) is 6.54 Å². The summed E-state index contributed by atoms with van der Waals surface area (Å²) in [5.41, 5.74) is 6.94. The van der Waals surface area contributed by atoms with Gasteiger partial charge in [-0.25, -0.2) is 8.42 Å². The summed E-state index contributed by atoms with van der Waals surface area (Å²) in [4.78, 5) is 12.2. The Morgan fingerprint density at radius 2 is 1.77 bits per heavy atom. The van der Waals surface area contributed by atoms with E-state index < -0.39 is 16.1 Å². The maximum atomic E-state index is 12.5. The third-order valence-electron chi connectivity index (χ3n) is 3.74. The Morgan fingerprint density at radius 1 is 1.12 bits per heavy atom. The first-order valence-electron chi connectivity index (χ1n) is 8.12. The van der Waals surface area contributed by atoms with Crippen LogP contribution in [0.1, 0.15) is 12.0 Å². The van der Waals surface area contributed by atoms with E-state index in [9.17, 15) is 13.2 Å². The smallest absolute Gasteiger partial charge is 0.261 e. The minimum absolute atomic E-state index is 0.179. The zero-order valence-electron chi connectivity index (χ0n) is 14.5. The summed E-state index contributed by atoms with van der Waals surface area (Å²) >= 11 is 1.63. The van der Waals surface area contributed by atoms with Gasteiger partial charge in [0.15, 0.2) is 0 Å². The molecule has 0 aliphatic heterocycles. The Hall–Kier alpha value is -2.03. The highest BCUT2D eigenvalue weighted by Gasteiger charge is 2.17. The van der Waals surface area contributed by atoms with Gasteiger partial charge in [0.2, 0.25) is 5.91 Å². The quantitative estimate of drug-likeness (QED) is 0.606. The van der Waals surface area contributed by atoms with Crippen molar-refractivity contribution in [3.8, 4) is 0 Å². The number of carbonyl (C=O) groups is 1. The molecule has 1 atom stereocenters. The number of nitrogens with two attached hydrogens (primary N) is 1. The molecule has 0 unspecified atom stereocenters. The lowest BCUT2D eigenvalue weighted by Crippen LogP contribution is -2.40. The van der Waals surface area contributed by atoms with Gasteiger partial charge in [0.05, 0.1) is 16.6 Å². The summed E-state index contributed by atoms with van der Waals surface area (Å²) in [5.74, 6) is 0.557. The molecule has 1 amide bonds. The summed E-state index contributed by atoms with van der Waals surface area (Å²) in [6.07, 6.45) is 2.55. The first-order chi connectivity index (χ1) is 12.4. The van der Waals surface area contributed by atoms with Crippen molar-refractivity contribution in [2.45, 2.75) is 23.9 Å². The number of carbonyl (C=O) groups excluding carboxylic acids is 1. The van der Waals surface area contributed by atoms with E-state index in [-0.39, 0.29) is 17.3 Å². The van der Waals surface area contributed by atoms with Crippen molar-refractivity contribution < 1.29 is 13.2 Å². The highest BCUT2D eigenvalue weighted by atomic mass is 32.2. The molecule has 26 heavy (non-hydrogen) atoms. The maximum Gasteiger partial charge on any atom is 0.261 e. The third kappa shape index (κ3) is 5.76. The van der Waals surface area contributed by atoms with Gasteiger partial charge in [-0.05, 0) is 42.2 Å². The van der Waals surface area contributed by atoms with Crippen LogP contribution >= 0.6 is 11.8 Å². The molecule has 6 nitrogen and oxygen atoms in total. The molecule has 2 aromatic rings. The molecule has 8 heteroatoms. The van der Waals surface area contributed by atoms with Crippen LogP contribution < -0.4 is 15.8 Å². The van der Waals surface area contributed by atoms with Gasteiger partial charge in [-0.2, -0.15) is 11.8 Å². The number of thioether (sulfide) groups is 1. The number of amides is 1. The van der Waals surface area contributed by atoms with Gasteiger partial charge in [-0.3, -0.25) is 9.52 Å². The molecule has 0 heterocycles. The molecular weight excluding hydrogens is 370 g/mol. The Labute approximate surface area is 158 Å². The van der Waals surface area contributed by atoms with Gasteiger partial charge in [0.1, 0.15) is 0 Å². The van der Waals surface area contributed by atoms with Crippen molar-refractivity contribution in [3.63, 3.8) is 0 Å². The number of hydrogen-bond donors (Lipinski definition) is 3. The number of benzene rings is 2. The lowest BCUT2D eigenvalue weighted by atomic mass is 10.1. The lowest BCUT2D eigenvalue weighted by Gasteiger charge is -2.15. The SMILES string of the molecule is CSCC[C@H](N)C(=O)NCc1ccccc1NS(=O)(=O)c1ccccc1. The van der Waals surface area contributed by atoms with Crippen LogP contribution in [0.4, 0.5) is 5.69 Å². The van der Waals surface area contributed by atoms with Crippen LogP contribution in [0.15, 0.2) is 59.5 Å². The molecule has 4 N–H and O–H groups in total. The largest absolute Gasteiger partial charge is 0.351 e. The summed E-state index contributed by atoms with van der Waals surface area (Å²) in [7, 11) is -3.69. The Balaban J connectivity index is 2.07. The van der Waals surface area contributed by atoms with Crippen molar-refractivity contribution in [2.75, 3.05) is 16.7 Å². The number of nitrogens with one attached hydrogen (secondary N) is 2. The second-order valence-electron chi connectivity index (χ2n) is 5.68. The second-order valence-corrected chi connectivity index (χ2v) is 8.35. The standard InChI is InChI=1S/C18H23N3O3S2/c1-25-12-11-16(19)18(22)20-13-14-7-5-6-10-17(14)21-26(23,24)15-8-3-2-4-9-15/h2-10,16,21H,11-13,19H2,1H3,(H,20,22)/t16-/m0/s1. The van der Waals surface area contributed by atoms with Crippen LogP contribution in [0.5, 0.6) is 0 Å². The third-order valence-corrected chi connectivity index (χ3v) is 5.76. The normalized spacial score (nSPS) is 12.4. The molecule has 0 radical (unpaired) electrons. The Morgan fingerprint density at radius 3 is 2.46 bits per heavy atom. The molecular formula is C18H23N3O3S2. The molecule has 0 aliphatic rings. The van der Waals surface area contributed by atoms with Crippen molar-refractivity contribution in [1.82, 2.24) is 5.32 Å². The highest BCUT2D eigenvalue weighted by molar-refractivity contribution is 7.98. The predicted octanol–water partition coefficient (Wildman–Crippen LogP) is 2.18. The maximum absolute atomic E-state index is 12.5. The monoisotopic (exact) mass is 393 g/mol. The fourth-order valence-electron chi connectivity index (χ4n) is 2.27. The van der Waals surface area contributed by atoms with E-state index in [2.05, 4.69) is 10.0 Å². The molecule has 2 aromatic carbocycles. The number of anilines is 1. The minimum Gasteiger partial charge on any atom is -0.351 e. The zero-order chi connectivity index (χ0) is 19.0. The fourth-order valence-corrected chi connectivity index (χ4v) is 3.88. The van der Waals surface area contributed by atoms with Crippen LogP contribution in [0.2, 0.25) is 0 Å². The molecule has 0 fully saturated rings. The zero-order valence-corrected chi connectivity index (χ0v) is 16.1. The van der Waals surface area contributed by atoms with Crippen molar-refractivity contribution in [1.29, 1.82) is 0 Å². The number of rotatable bonds is 9. The summed E-state index contributed by atoms with van der Waals surface area (Å²) in [6.45, 7) is 0.194. The molecule has 0 spiro atoms. The van der Waals surface area contributed by atoms with E-state index in [1.54, 1.807) is 54.2 Å². The van der Waals surface area contributed by atoms with Gasteiger partial charge < -0.3 is 11.1 Å². The van der Waals surface area contributed by atoms with Gasteiger partial charge in [-0.1, -0.05) is 36.4 Å². The van der Waals surface area contributed by atoms with Crippen molar-refractivity contribution in [3.05, 3.63) is 60.2 Å². The van der Waals surface area contributed by atoms with E-state index in [4.69, 9.17) is 5.73 Å².